The molecule has 0 atom stereocenters. The molecule has 0 spiro atoms. The molecule has 0 aliphatic heterocycles. The number of hydrogen-bond acceptors (Lipinski definition) is 1. The number of aryl methyl sites for hydroxylation is 2. The van der Waals surface area contributed by atoms with E-state index in [1.54, 1.807) is 5.56 Å². The van der Waals surface area contributed by atoms with Crippen molar-refractivity contribution in [1.82, 2.24) is 4.98 Å². The molecule has 1 heterocycles. The molecule has 2 aliphatic carbocycles. The van der Waals surface area contributed by atoms with Crippen LogP contribution in [0.3, 0.4) is 0 Å². The number of aromatic amines is 1. The first kappa shape index (κ1) is 10.4. The minimum atomic E-state index is -0.0171. The number of nitrogens with one attached hydrogen (secondary N) is 1. The van der Waals surface area contributed by atoms with Crippen molar-refractivity contribution < 1.29 is 0 Å². The van der Waals surface area contributed by atoms with Gasteiger partial charge in [-0.3, -0.25) is 0 Å². The Kier molecular flexibility index (Phi) is 2.36. The van der Waals surface area contributed by atoms with Gasteiger partial charge < -0.3 is 10.7 Å². The quantitative estimate of drug-likeness (QED) is 0.747. The molecule has 2 heteroatoms. The molecule has 0 radical (unpaired) electrons. The van der Waals surface area contributed by atoms with Crippen LogP contribution in [0.4, 0.5) is 0 Å². The van der Waals surface area contributed by atoms with Crippen LogP contribution < -0.4 is 5.73 Å². The summed E-state index contributed by atoms with van der Waals surface area (Å²) in [6.07, 6.45) is 10.1. The third-order valence-electron chi connectivity index (χ3n) is 4.48. The molecule has 16 heavy (non-hydrogen) atoms. The van der Waals surface area contributed by atoms with Crippen molar-refractivity contribution >= 4 is 0 Å². The molecule has 0 amide bonds. The summed E-state index contributed by atoms with van der Waals surface area (Å²) in [6, 6.07) is 0. The van der Waals surface area contributed by atoms with Gasteiger partial charge in [-0.25, -0.2) is 0 Å². The van der Waals surface area contributed by atoms with E-state index in [9.17, 15) is 0 Å². The fourth-order valence-electron chi connectivity index (χ4n) is 3.78. The maximum atomic E-state index is 6.68. The number of fused-ring (bicyclic) bond motifs is 1. The molecule has 0 unspecified atom stereocenters. The van der Waals surface area contributed by atoms with Crippen LogP contribution in [0.25, 0.3) is 0 Å². The Morgan fingerprint density at radius 2 is 1.81 bits per heavy atom. The standard InChI is InChI=1S/C14H22N2/c1-10-13(11-6-5-7-12(11)16-10)14(15)8-3-2-4-9-14/h16H,2-9,15H2,1H3. The lowest BCUT2D eigenvalue weighted by Crippen LogP contribution is -2.39. The number of aromatic nitrogens is 1. The molecule has 88 valence electrons. The molecule has 2 aliphatic rings. The van der Waals surface area contributed by atoms with Gasteiger partial charge in [-0.15, -0.1) is 0 Å². The van der Waals surface area contributed by atoms with Crippen LogP contribution in [0, 0.1) is 6.92 Å². The van der Waals surface area contributed by atoms with Gasteiger partial charge >= 0.3 is 0 Å². The van der Waals surface area contributed by atoms with Crippen LogP contribution in [-0.4, -0.2) is 4.98 Å². The van der Waals surface area contributed by atoms with Crippen LogP contribution in [0.15, 0.2) is 0 Å². The third kappa shape index (κ3) is 1.43. The molecule has 1 aromatic rings. The Hall–Kier alpha value is -0.760. The topological polar surface area (TPSA) is 41.8 Å². The van der Waals surface area contributed by atoms with Crippen molar-refractivity contribution in [2.24, 2.45) is 5.73 Å². The molecular weight excluding hydrogens is 196 g/mol. The zero-order chi connectivity index (χ0) is 11.2. The molecule has 0 bridgehead atoms. The molecule has 1 aromatic heterocycles. The molecular formula is C14H22N2. The second kappa shape index (κ2) is 3.63. The largest absolute Gasteiger partial charge is 0.362 e. The van der Waals surface area contributed by atoms with Gasteiger partial charge in [0.2, 0.25) is 0 Å². The Morgan fingerprint density at radius 3 is 2.56 bits per heavy atom. The lowest BCUT2D eigenvalue weighted by Gasteiger charge is -2.34. The fourth-order valence-corrected chi connectivity index (χ4v) is 3.78. The fraction of sp³-hybridized carbons (Fsp3) is 0.714. The second-order valence-electron chi connectivity index (χ2n) is 5.65. The van der Waals surface area contributed by atoms with Gasteiger partial charge in [0.05, 0.1) is 0 Å². The first-order valence-electron chi connectivity index (χ1n) is 6.70. The maximum absolute atomic E-state index is 6.68. The van der Waals surface area contributed by atoms with E-state index in [1.807, 2.05) is 0 Å². The van der Waals surface area contributed by atoms with Crippen LogP contribution in [-0.2, 0) is 18.4 Å². The molecule has 1 saturated carbocycles. The van der Waals surface area contributed by atoms with Crippen molar-refractivity contribution in [3.05, 3.63) is 22.5 Å². The van der Waals surface area contributed by atoms with E-state index in [4.69, 9.17) is 5.73 Å². The van der Waals surface area contributed by atoms with Gasteiger partial charge in [0.15, 0.2) is 0 Å². The summed E-state index contributed by atoms with van der Waals surface area (Å²) in [4.78, 5) is 3.57. The number of hydrogen-bond donors (Lipinski definition) is 2. The van der Waals surface area contributed by atoms with Gasteiger partial charge in [-0.1, -0.05) is 19.3 Å². The normalized spacial score (nSPS) is 23.4. The third-order valence-corrected chi connectivity index (χ3v) is 4.48. The minimum absolute atomic E-state index is 0.0171. The predicted molar refractivity (Wildman–Crippen MR) is 66.5 cm³/mol. The van der Waals surface area contributed by atoms with Crippen molar-refractivity contribution in [2.75, 3.05) is 0 Å². The van der Waals surface area contributed by atoms with Crippen molar-refractivity contribution in [3.8, 4) is 0 Å². The Bertz CT molecular complexity index is 397. The summed E-state index contributed by atoms with van der Waals surface area (Å²) in [5, 5.41) is 0. The van der Waals surface area contributed by atoms with Crippen molar-refractivity contribution in [2.45, 2.75) is 63.8 Å². The first-order valence-corrected chi connectivity index (χ1v) is 6.70. The van der Waals surface area contributed by atoms with Crippen LogP contribution in [0.2, 0.25) is 0 Å². The SMILES string of the molecule is Cc1[nH]c2c(c1C1(N)CCCCC1)CCC2. The first-order chi connectivity index (χ1) is 7.71. The lowest BCUT2D eigenvalue weighted by molar-refractivity contribution is 0.300. The minimum Gasteiger partial charge on any atom is -0.362 e. The van der Waals surface area contributed by atoms with Gasteiger partial charge in [0.1, 0.15) is 0 Å². The summed E-state index contributed by atoms with van der Waals surface area (Å²) in [6.45, 7) is 2.21. The number of nitrogens with two attached hydrogens (primary N) is 1. The highest BCUT2D eigenvalue weighted by atomic mass is 14.8. The van der Waals surface area contributed by atoms with E-state index in [2.05, 4.69) is 11.9 Å². The molecule has 1 fully saturated rings. The number of rotatable bonds is 1. The zero-order valence-electron chi connectivity index (χ0n) is 10.2. The molecule has 0 saturated heterocycles. The number of H-pyrrole nitrogens is 1. The second-order valence-corrected chi connectivity index (χ2v) is 5.65. The monoisotopic (exact) mass is 218 g/mol. The lowest BCUT2D eigenvalue weighted by atomic mass is 9.76. The highest BCUT2D eigenvalue weighted by Crippen LogP contribution is 2.41. The van der Waals surface area contributed by atoms with E-state index in [-0.39, 0.29) is 5.54 Å². The van der Waals surface area contributed by atoms with Gasteiger partial charge in [0, 0.05) is 16.9 Å². The average molecular weight is 218 g/mol. The van der Waals surface area contributed by atoms with Crippen LogP contribution in [0.1, 0.15) is 61.0 Å². The van der Waals surface area contributed by atoms with E-state index in [0.717, 1.165) is 0 Å². The summed E-state index contributed by atoms with van der Waals surface area (Å²) in [7, 11) is 0. The van der Waals surface area contributed by atoms with Crippen molar-refractivity contribution in [1.29, 1.82) is 0 Å². The Balaban J connectivity index is 2.04. The molecule has 3 rings (SSSR count). The van der Waals surface area contributed by atoms with E-state index in [0.29, 0.717) is 0 Å². The summed E-state index contributed by atoms with van der Waals surface area (Å²) in [5.41, 5.74) is 12.5. The smallest absolute Gasteiger partial charge is 0.0430 e. The summed E-state index contributed by atoms with van der Waals surface area (Å²) >= 11 is 0. The van der Waals surface area contributed by atoms with E-state index >= 15 is 0 Å². The Labute approximate surface area is 97.6 Å². The summed E-state index contributed by atoms with van der Waals surface area (Å²) in [5.74, 6) is 0. The van der Waals surface area contributed by atoms with Crippen molar-refractivity contribution in [3.63, 3.8) is 0 Å². The van der Waals surface area contributed by atoms with Gasteiger partial charge in [-0.2, -0.15) is 0 Å². The predicted octanol–water partition coefficient (Wildman–Crippen LogP) is 2.93. The van der Waals surface area contributed by atoms with Gasteiger partial charge in [-0.05, 0) is 50.2 Å². The zero-order valence-corrected chi connectivity index (χ0v) is 10.2. The highest BCUT2D eigenvalue weighted by Gasteiger charge is 2.35. The highest BCUT2D eigenvalue weighted by molar-refractivity contribution is 5.44. The Morgan fingerprint density at radius 1 is 1.06 bits per heavy atom. The summed E-state index contributed by atoms with van der Waals surface area (Å²) < 4.78 is 0. The van der Waals surface area contributed by atoms with E-state index < -0.39 is 0 Å². The maximum Gasteiger partial charge on any atom is 0.0430 e. The van der Waals surface area contributed by atoms with Crippen LogP contribution >= 0.6 is 0 Å². The molecule has 0 aromatic carbocycles. The van der Waals surface area contributed by atoms with Crippen LogP contribution in [0.5, 0.6) is 0 Å². The average Bonchev–Trinajstić information content (AvgIpc) is 2.77. The van der Waals surface area contributed by atoms with Gasteiger partial charge in [0.25, 0.3) is 0 Å². The van der Waals surface area contributed by atoms with E-state index in [1.165, 1.54) is 68.3 Å². The molecule has 3 N–H and O–H groups in total. The molecule has 2 nitrogen and oxygen atoms in total.